The Kier molecular flexibility index (Phi) is 5.68. The van der Waals surface area contributed by atoms with Gasteiger partial charge in [-0.05, 0) is 30.4 Å². The third-order valence-electron chi connectivity index (χ3n) is 4.82. The van der Waals surface area contributed by atoms with Crippen LogP contribution < -0.4 is 11.1 Å². The summed E-state index contributed by atoms with van der Waals surface area (Å²) in [6.07, 6.45) is 5.71. The van der Waals surface area contributed by atoms with Crippen molar-refractivity contribution < 1.29 is 9.59 Å². The van der Waals surface area contributed by atoms with Crippen LogP contribution in [-0.4, -0.2) is 45.1 Å². The number of aryl methyl sites for hydroxylation is 1. The van der Waals surface area contributed by atoms with Crippen LogP contribution in [0.15, 0.2) is 42.7 Å². The molecule has 0 bridgehead atoms. The van der Waals surface area contributed by atoms with E-state index in [0.29, 0.717) is 25.9 Å². The highest BCUT2D eigenvalue weighted by atomic mass is 16.2. The summed E-state index contributed by atoms with van der Waals surface area (Å²) in [4.78, 5) is 26.4. The van der Waals surface area contributed by atoms with Gasteiger partial charge < -0.3 is 11.1 Å². The molecule has 1 aromatic carbocycles. The SMILES string of the molecule is Cn1cc(CCNC(=O)[C@H]2CC[C@@H](C(N)=O)N2Cc2ccccc2)cn1. The quantitative estimate of drug-likeness (QED) is 0.760. The van der Waals surface area contributed by atoms with E-state index in [2.05, 4.69) is 10.4 Å². The van der Waals surface area contributed by atoms with Crippen molar-refractivity contribution in [3.8, 4) is 0 Å². The maximum absolute atomic E-state index is 12.7. The summed E-state index contributed by atoms with van der Waals surface area (Å²) in [7, 11) is 1.87. The molecule has 7 heteroatoms. The summed E-state index contributed by atoms with van der Waals surface area (Å²) >= 11 is 0. The number of hydrogen-bond donors (Lipinski definition) is 2. The lowest BCUT2D eigenvalue weighted by Crippen LogP contribution is -2.49. The second-order valence-corrected chi connectivity index (χ2v) is 6.73. The third kappa shape index (κ3) is 4.29. The lowest BCUT2D eigenvalue weighted by Gasteiger charge is -2.28. The molecule has 0 unspecified atom stereocenters. The number of likely N-dealkylation sites (tertiary alicyclic amines) is 1. The predicted octanol–water partition coefficient (Wildman–Crippen LogP) is 0.597. The third-order valence-corrected chi connectivity index (χ3v) is 4.82. The fourth-order valence-electron chi connectivity index (χ4n) is 3.52. The molecule has 2 heterocycles. The first-order valence-corrected chi connectivity index (χ1v) is 8.89. The van der Waals surface area contributed by atoms with Crippen molar-refractivity contribution in [3.63, 3.8) is 0 Å². The Labute approximate surface area is 153 Å². The average molecular weight is 355 g/mol. The number of aromatic nitrogens is 2. The van der Waals surface area contributed by atoms with Crippen LogP contribution in [0.2, 0.25) is 0 Å². The van der Waals surface area contributed by atoms with Crippen LogP contribution in [0.25, 0.3) is 0 Å². The monoisotopic (exact) mass is 355 g/mol. The molecule has 3 N–H and O–H groups in total. The van der Waals surface area contributed by atoms with E-state index in [0.717, 1.165) is 17.5 Å². The van der Waals surface area contributed by atoms with Gasteiger partial charge in [-0.15, -0.1) is 0 Å². The molecule has 26 heavy (non-hydrogen) atoms. The summed E-state index contributed by atoms with van der Waals surface area (Å²) in [5, 5.41) is 7.11. The number of nitrogens with zero attached hydrogens (tertiary/aromatic N) is 3. The molecule has 2 atom stereocenters. The maximum Gasteiger partial charge on any atom is 0.237 e. The molecular weight excluding hydrogens is 330 g/mol. The maximum atomic E-state index is 12.7. The highest BCUT2D eigenvalue weighted by Gasteiger charge is 2.40. The number of carbonyl (C=O) groups excluding carboxylic acids is 2. The number of primary amides is 1. The Morgan fingerprint density at radius 1 is 1.19 bits per heavy atom. The summed E-state index contributed by atoms with van der Waals surface area (Å²) in [5.74, 6) is -0.417. The highest BCUT2D eigenvalue weighted by Crippen LogP contribution is 2.26. The van der Waals surface area contributed by atoms with Crippen LogP contribution in [0.4, 0.5) is 0 Å². The van der Waals surface area contributed by atoms with E-state index < -0.39 is 6.04 Å². The van der Waals surface area contributed by atoms with E-state index in [1.807, 2.05) is 48.5 Å². The molecule has 0 saturated carbocycles. The number of rotatable bonds is 7. The summed E-state index contributed by atoms with van der Waals surface area (Å²) in [6.45, 7) is 1.08. The fraction of sp³-hybridized carbons (Fsp3) is 0.421. The number of hydrogen-bond acceptors (Lipinski definition) is 4. The number of carbonyl (C=O) groups is 2. The van der Waals surface area contributed by atoms with E-state index >= 15 is 0 Å². The number of nitrogens with one attached hydrogen (secondary N) is 1. The van der Waals surface area contributed by atoms with Crippen LogP contribution in [-0.2, 0) is 29.6 Å². The van der Waals surface area contributed by atoms with Gasteiger partial charge >= 0.3 is 0 Å². The van der Waals surface area contributed by atoms with E-state index in [-0.39, 0.29) is 17.9 Å². The molecule has 1 fully saturated rings. The molecule has 2 aromatic rings. The lowest BCUT2D eigenvalue weighted by atomic mass is 10.1. The zero-order valence-electron chi connectivity index (χ0n) is 15.0. The van der Waals surface area contributed by atoms with E-state index in [1.165, 1.54) is 0 Å². The second kappa shape index (κ2) is 8.14. The number of nitrogens with two attached hydrogens (primary N) is 1. The van der Waals surface area contributed by atoms with Gasteiger partial charge in [0.1, 0.15) is 0 Å². The molecule has 3 rings (SSSR count). The smallest absolute Gasteiger partial charge is 0.237 e. The number of amides is 2. The zero-order valence-corrected chi connectivity index (χ0v) is 15.0. The first-order chi connectivity index (χ1) is 12.5. The molecular formula is C19H25N5O2. The van der Waals surface area contributed by atoms with Gasteiger partial charge in [0.05, 0.1) is 18.3 Å². The minimum Gasteiger partial charge on any atom is -0.368 e. The van der Waals surface area contributed by atoms with Gasteiger partial charge in [-0.25, -0.2) is 0 Å². The molecule has 138 valence electrons. The van der Waals surface area contributed by atoms with Crippen molar-refractivity contribution >= 4 is 11.8 Å². The van der Waals surface area contributed by atoms with Gasteiger partial charge in [-0.3, -0.25) is 19.2 Å². The van der Waals surface area contributed by atoms with Crippen molar-refractivity contribution in [2.24, 2.45) is 12.8 Å². The molecule has 1 saturated heterocycles. The van der Waals surface area contributed by atoms with Crippen LogP contribution in [0.1, 0.15) is 24.0 Å². The lowest BCUT2D eigenvalue weighted by molar-refractivity contribution is -0.128. The average Bonchev–Trinajstić information content (AvgIpc) is 3.22. The van der Waals surface area contributed by atoms with E-state index in [1.54, 1.807) is 10.9 Å². The molecule has 0 aliphatic carbocycles. The molecule has 0 spiro atoms. The Morgan fingerprint density at radius 2 is 1.92 bits per heavy atom. The molecule has 1 aromatic heterocycles. The van der Waals surface area contributed by atoms with E-state index in [4.69, 9.17) is 5.73 Å². The minimum absolute atomic E-state index is 0.0476. The highest BCUT2D eigenvalue weighted by molar-refractivity contribution is 5.86. The van der Waals surface area contributed by atoms with E-state index in [9.17, 15) is 9.59 Å². The molecule has 1 aliphatic rings. The van der Waals surface area contributed by atoms with Crippen molar-refractivity contribution in [1.29, 1.82) is 0 Å². The molecule has 2 amide bonds. The standard InChI is InChI=1S/C19H25N5O2/c1-23-12-15(11-22-23)9-10-21-19(26)17-8-7-16(18(20)25)24(17)13-14-5-3-2-4-6-14/h2-6,11-12,16-17H,7-10,13H2,1H3,(H2,20,25)(H,21,26)/t16-,17+/m0/s1. The fourth-order valence-corrected chi connectivity index (χ4v) is 3.52. The summed E-state index contributed by atoms with van der Waals surface area (Å²) in [6, 6.07) is 9.11. The number of benzene rings is 1. The molecule has 1 aliphatic heterocycles. The molecule has 7 nitrogen and oxygen atoms in total. The largest absolute Gasteiger partial charge is 0.368 e. The van der Waals surface area contributed by atoms with Gasteiger partial charge in [-0.1, -0.05) is 30.3 Å². The Balaban J connectivity index is 1.62. The van der Waals surface area contributed by atoms with Crippen LogP contribution in [0, 0.1) is 0 Å². The normalized spacial score (nSPS) is 20.2. The van der Waals surface area contributed by atoms with Crippen LogP contribution in [0.3, 0.4) is 0 Å². The second-order valence-electron chi connectivity index (χ2n) is 6.73. The first-order valence-electron chi connectivity index (χ1n) is 8.89. The van der Waals surface area contributed by atoms with Gasteiger partial charge in [-0.2, -0.15) is 5.10 Å². The summed E-state index contributed by atoms with van der Waals surface area (Å²) in [5.41, 5.74) is 7.70. The van der Waals surface area contributed by atoms with Crippen LogP contribution in [0.5, 0.6) is 0 Å². The van der Waals surface area contributed by atoms with Gasteiger partial charge in [0.2, 0.25) is 11.8 Å². The van der Waals surface area contributed by atoms with Crippen molar-refractivity contribution in [3.05, 3.63) is 53.9 Å². The van der Waals surface area contributed by atoms with Crippen molar-refractivity contribution in [2.45, 2.75) is 37.9 Å². The summed E-state index contributed by atoms with van der Waals surface area (Å²) < 4.78 is 1.74. The van der Waals surface area contributed by atoms with Gasteiger partial charge in [0.15, 0.2) is 0 Å². The zero-order chi connectivity index (χ0) is 18.5. The van der Waals surface area contributed by atoms with Crippen molar-refractivity contribution in [1.82, 2.24) is 20.0 Å². The Bertz CT molecular complexity index is 758. The Hall–Kier alpha value is -2.67. The predicted molar refractivity (Wildman–Crippen MR) is 97.9 cm³/mol. The minimum atomic E-state index is -0.399. The van der Waals surface area contributed by atoms with Crippen LogP contribution >= 0.6 is 0 Å². The van der Waals surface area contributed by atoms with Gasteiger partial charge in [0.25, 0.3) is 0 Å². The molecule has 0 radical (unpaired) electrons. The Morgan fingerprint density at radius 3 is 2.58 bits per heavy atom. The first kappa shape index (κ1) is 18.1. The topological polar surface area (TPSA) is 93.2 Å². The van der Waals surface area contributed by atoms with Crippen molar-refractivity contribution in [2.75, 3.05) is 6.54 Å². The van der Waals surface area contributed by atoms with Gasteiger partial charge in [0, 0.05) is 26.3 Å².